The second kappa shape index (κ2) is 18.4. The van der Waals surface area contributed by atoms with E-state index in [1.54, 1.807) is 48.5 Å². The predicted molar refractivity (Wildman–Crippen MR) is 199 cm³/mol. The van der Waals surface area contributed by atoms with Gasteiger partial charge in [-0.15, -0.1) is 0 Å². The van der Waals surface area contributed by atoms with E-state index < -0.39 is 96.0 Å². The minimum Gasteiger partial charge on any atom is -0.459 e. The lowest BCUT2D eigenvalue weighted by atomic mass is 9.77. The number of hydrogen-bond acceptors (Lipinski definition) is 14. The van der Waals surface area contributed by atoms with Crippen LogP contribution in [0.5, 0.6) is 0 Å². The summed E-state index contributed by atoms with van der Waals surface area (Å²) in [5.74, 6) is -3.36. The molecule has 0 aliphatic carbocycles. The molecule has 3 rings (SSSR count). The zero-order valence-electron chi connectivity index (χ0n) is 35.1. The van der Waals surface area contributed by atoms with Crippen LogP contribution in [0.25, 0.3) is 0 Å². The Hall–Kier alpha value is -1.50. The van der Waals surface area contributed by atoms with E-state index in [9.17, 15) is 35.1 Å². The SMILES string of the molecule is CC[C@H]1OC(=O)[C@H](C)[C@@H](O[C@H]2CC(C)(OC)[C@@H](O)C(C)O2)[C@H](C)[C@@H](O[C@@H]2OC(C)CC(N(C)C)C2O)[C@](C)(O)C[C@@H](C)CN(C(C)=O)[C@H](C)[C@@H](O)[C@]1(C)O. The number of ether oxygens (including phenoxy) is 6. The molecule has 15 heteroatoms. The monoisotopic (exact) mass is 777 g/mol. The van der Waals surface area contributed by atoms with Crippen molar-refractivity contribution in [1.29, 1.82) is 0 Å². The van der Waals surface area contributed by atoms with Crippen LogP contribution in [-0.2, 0) is 38.0 Å². The summed E-state index contributed by atoms with van der Waals surface area (Å²) in [4.78, 5) is 30.6. The molecule has 0 bridgehead atoms. The van der Waals surface area contributed by atoms with Gasteiger partial charge in [-0.25, -0.2) is 0 Å². The number of rotatable bonds is 7. The van der Waals surface area contributed by atoms with Crippen molar-refractivity contribution in [2.75, 3.05) is 27.7 Å². The third kappa shape index (κ3) is 10.3. The molecule has 0 spiro atoms. The summed E-state index contributed by atoms with van der Waals surface area (Å²) < 4.78 is 37.4. The van der Waals surface area contributed by atoms with Crippen LogP contribution in [0.2, 0.25) is 0 Å². The Bertz CT molecular complexity index is 1240. The average Bonchev–Trinajstić information content (AvgIpc) is 3.08. The van der Waals surface area contributed by atoms with Crippen LogP contribution in [0.15, 0.2) is 0 Å². The first-order chi connectivity index (χ1) is 24.8. The first-order valence-electron chi connectivity index (χ1n) is 19.6. The van der Waals surface area contributed by atoms with Crippen LogP contribution in [0.4, 0.5) is 0 Å². The van der Waals surface area contributed by atoms with Gasteiger partial charge in [0.1, 0.15) is 30.0 Å². The molecule has 0 aromatic heterocycles. The lowest BCUT2D eigenvalue weighted by Gasteiger charge is -2.48. The fraction of sp³-hybridized carbons (Fsp3) is 0.949. The lowest BCUT2D eigenvalue weighted by molar-refractivity contribution is -0.318. The number of hydrogen-bond donors (Lipinski definition) is 5. The number of amides is 1. The van der Waals surface area contributed by atoms with Gasteiger partial charge in [-0.1, -0.05) is 20.8 Å². The van der Waals surface area contributed by atoms with Crippen molar-refractivity contribution >= 4 is 11.9 Å². The zero-order chi connectivity index (χ0) is 41.2. The summed E-state index contributed by atoms with van der Waals surface area (Å²) in [6, 6.07) is -1.21. The minimum atomic E-state index is -1.97. The summed E-state index contributed by atoms with van der Waals surface area (Å²) >= 11 is 0. The van der Waals surface area contributed by atoms with Crippen molar-refractivity contribution in [3.05, 3.63) is 0 Å². The molecule has 18 atom stereocenters. The molecule has 0 radical (unpaired) electrons. The molecular formula is C39H72N2O13. The van der Waals surface area contributed by atoms with Crippen molar-refractivity contribution in [3.63, 3.8) is 0 Å². The Balaban J connectivity index is 2.22. The number of cyclic esters (lactones) is 1. The van der Waals surface area contributed by atoms with Crippen molar-refractivity contribution in [3.8, 4) is 0 Å². The lowest BCUT2D eigenvalue weighted by Crippen LogP contribution is -2.60. The molecule has 0 aromatic carbocycles. The largest absolute Gasteiger partial charge is 0.459 e. The predicted octanol–water partition coefficient (Wildman–Crippen LogP) is 1.82. The maximum absolute atomic E-state index is 14.3. The number of nitrogens with zero attached hydrogens (tertiary/aromatic N) is 2. The number of carbonyl (C=O) groups excluding carboxylic acids is 2. The highest BCUT2D eigenvalue weighted by molar-refractivity contribution is 5.74. The zero-order valence-corrected chi connectivity index (χ0v) is 35.1. The van der Waals surface area contributed by atoms with E-state index in [1.807, 2.05) is 32.8 Å². The third-order valence-electron chi connectivity index (χ3n) is 12.3. The van der Waals surface area contributed by atoms with Gasteiger partial charge in [-0.2, -0.15) is 0 Å². The van der Waals surface area contributed by atoms with Gasteiger partial charge < -0.3 is 63.8 Å². The van der Waals surface area contributed by atoms with Crippen LogP contribution in [0.1, 0.15) is 102 Å². The van der Waals surface area contributed by atoms with E-state index in [0.717, 1.165) is 0 Å². The maximum atomic E-state index is 14.3. The van der Waals surface area contributed by atoms with E-state index in [2.05, 4.69) is 0 Å². The highest BCUT2D eigenvalue weighted by atomic mass is 16.7. The van der Waals surface area contributed by atoms with Crippen molar-refractivity contribution in [1.82, 2.24) is 9.80 Å². The average molecular weight is 777 g/mol. The summed E-state index contributed by atoms with van der Waals surface area (Å²) in [5, 5.41) is 58.4. The molecule has 1 amide bonds. The number of methoxy groups -OCH3 is 1. The molecule has 3 heterocycles. The highest BCUT2D eigenvalue weighted by Crippen LogP contribution is 2.40. The van der Waals surface area contributed by atoms with Crippen molar-refractivity contribution in [2.24, 2.45) is 17.8 Å². The van der Waals surface area contributed by atoms with Crippen molar-refractivity contribution in [2.45, 2.75) is 192 Å². The van der Waals surface area contributed by atoms with E-state index in [4.69, 9.17) is 28.4 Å². The van der Waals surface area contributed by atoms with E-state index in [0.29, 0.717) is 6.42 Å². The van der Waals surface area contributed by atoms with Crippen LogP contribution in [-0.4, -0.2) is 165 Å². The van der Waals surface area contributed by atoms with Gasteiger partial charge in [-0.05, 0) is 87.7 Å². The van der Waals surface area contributed by atoms with Gasteiger partial charge in [-0.3, -0.25) is 9.59 Å². The summed E-state index contributed by atoms with van der Waals surface area (Å²) in [6.07, 6.45) is -9.25. The Morgan fingerprint density at radius 2 is 1.57 bits per heavy atom. The molecular weight excluding hydrogens is 704 g/mol. The number of esters is 1. The highest BCUT2D eigenvalue weighted by Gasteiger charge is 2.53. The summed E-state index contributed by atoms with van der Waals surface area (Å²) in [6.45, 7) is 18.4. The van der Waals surface area contributed by atoms with Crippen LogP contribution < -0.4 is 0 Å². The third-order valence-corrected chi connectivity index (χ3v) is 12.3. The molecule has 5 N–H and O–H groups in total. The number of carbonyl (C=O) groups is 2. The van der Waals surface area contributed by atoms with Gasteiger partial charge in [0.2, 0.25) is 5.91 Å². The normalized spacial score (nSPS) is 47.8. The molecule has 3 saturated heterocycles. The minimum absolute atomic E-state index is 0.0779. The molecule has 0 saturated carbocycles. The van der Waals surface area contributed by atoms with Gasteiger partial charge >= 0.3 is 5.97 Å². The molecule has 54 heavy (non-hydrogen) atoms. The quantitative estimate of drug-likeness (QED) is 0.235. The second-order valence-electron chi connectivity index (χ2n) is 17.4. The van der Waals surface area contributed by atoms with Gasteiger partial charge in [0, 0.05) is 39.0 Å². The standard InChI is InChI=1S/C39H72N2O13/c1-15-28-39(11,48)32(44)24(6)41(26(8)42)19-20(2)17-37(9,47)34(54-36-30(43)27(40(12)13)16-21(3)50-36)22(4)31(23(5)35(46)52-28)53-29-18-38(10,49-14)33(45)25(7)51-29/h20-25,27-34,36,43-45,47-48H,15-19H2,1-14H3/t20-,21?,22+,23-,24-,25?,27?,28-,29+,30?,31+,32-,33+,34-,36+,37-,38?,39-/m1/s1. The molecule has 316 valence electrons. The van der Waals surface area contributed by atoms with Crippen LogP contribution in [0, 0.1) is 17.8 Å². The van der Waals surface area contributed by atoms with Crippen LogP contribution in [0.3, 0.4) is 0 Å². The smallest absolute Gasteiger partial charge is 0.311 e. The molecule has 3 aliphatic heterocycles. The van der Waals surface area contributed by atoms with Gasteiger partial charge in [0.25, 0.3) is 0 Å². The molecule has 0 aromatic rings. The number of likely N-dealkylation sites (N-methyl/N-ethyl adjacent to an activating group) is 1. The Kier molecular flexibility index (Phi) is 16.0. The first-order valence-corrected chi connectivity index (χ1v) is 19.6. The Morgan fingerprint density at radius 3 is 2.11 bits per heavy atom. The van der Waals surface area contributed by atoms with E-state index in [-0.39, 0.29) is 49.8 Å². The molecule has 15 nitrogen and oxygen atoms in total. The van der Waals surface area contributed by atoms with E-state index >= 15 is 0 Å². The maximum Gasteiger partial charge on any atom is 0.311 e. The van der Waals surface area contributed by atoms with Gasteiger partial charge in [0.05, 0.1) is 47.6 Å². The van der Waals surface area contributed by atoms with Crippen molar-refractivity contribution < 1.29 is 63.5 Å². The fourth-order valence-electron chi connectivity index (χ4n) is 8.93. The van der Waals surface area contributed by atoms with Gasteiger partial charge in [0.15, 0.2) is 12.6 Å². The molecule has 3 fully saturated rings. The number of aliphatic hydroxyl groups is 5. The second-order valence-corrected chi connectivity index (χ2v) is 17.4. The molecule has 5 unspecified atom stereocenters. The molecule has 3 aliphatic rings. The number of aliphatic hydroxyl groups excluding tert-OH is 3. The Morgan fingerprint density at radius 1 is 0.963 bits per heavy atom. The summed E-state index contributed by atoms with van der Waals surface area (Å²) in [7, 11) is 5.21. The topological polar surface area (TPSA) is 197 Å². The first kappa shape index (κ1) is 46.9. The fourth-order valence-corrected chi connectivity index (χ4v) is 8.93. The van der Waals surface area contributed by atoms with E-state index in [1.165, 1.54) is 25.9 Å². The Labute approximate surface area is 322 Å². The van der Waals surface area contributed by atoms with Crippen LogP contribution >= 0.6 is 0 Å². The summed E-state index contributed by atoms with van der Waals surface area (Å²) in [5.41, 5.74) is -4.70.